The highest BCUT2D eigenvalue weighted by Gasteiger charge is 2.07. The van der Waals surface area contributed by atoms with Gasteiger partial charge >= 0.3 is 0 Å². The average molecular weight is 263 g/mol. The van der Waals surface area contributed by atoms with Crippen LogP contribution in [0.1, 0.15) is 5.69 Å². The third kappa shape index (κ3) is 2.49. The van der Waals surface area contributed by atoms with E-state index in [1.807, 2.05) is 19.3 Å². The minimum atomic E-state index is 0.787. The molecule has 0 fully saturated rings. The van der Waals surface area contributed by atoms with E-state index >= 15 is 0 Å². The van der Waals surface area contributed by atoms with Crippen molar-refractivity contribution in [2.24, 2.45) is 0 Å². The maximum atomic E-state index is 4.13. The van der Waals surface area contributed by atoms with Crippen LogP contribution < -0.4 is 5.32 Å². The van der Waals surface area contributed by atoms with Gasteiger partial charge in [0.15, 0.2) is 0 Å². The molecule has 1 aromatic heterocycles. The van der Waals surface area contributed by atoms with Crippen LogP contribution in [0, 0.1) is 0 Å². The predicted molar refractivity (Wildman–Crippen MR) is 82.2 cm³/mol. The summed E-state index contributed by atoms with van der Waals surface area (Å²) in [5.74, 6) is 0. The minimum Gasteiger partial charge on any atom is -0.314 e. The molecule has 0 unspecified atom stereocenters. The van der Waals surface area contributed by atoms with Crippen molar-refractivity contribution in [3.05, 3.63) is 66.5 Å². The second-order valence-corrected chi connectivity index (χ2v) is 4.74. The second-order valence-electron chi connectivity index (χ2n) is 4.74. The summed E-state index contributed by atoms with van der Waals surface area (Å²) in [7, 11) is 1.93. The van der Waals surface area contributed by atoms with Gasteiger partial charge in [-0.1, -0.05) is 54.6 Å². The zero-order valence-corrected chi connectivity index (χ0v) is 11.4. The molecule has 3 nitrogen and oxygen atoms in total. The number of nitrogens with zero attached hydrogens (tertiary/aromatic N) is 1. The second kappa shape index (κ2) is 5.72. The molecule has 20 heavy (non-hydrogen) atoms. The number of nitrogens with one attached hydrogen (secondary N) is 2. The summed E-state index contributed by atoms with van der Waals surface area (Å²) in [4.78, 5) is 0. The van der Waals surface area contributed by atoms with E-state index in [9.17, 15) is 0 Å². The fourth-order valence-corrected chi connectivity index (χ4v) is 2.35. The molecule has 3 aromatic rings. The third-order valence-electron chi connectivity index (χ3n) is 3.37. The van der Waals surface area contributed by atoms with Crippen LogP contribution >= 0.6 is 0 Å². The molecule has 0 radical (unpaired) electrons. The Morgan fingerprint density at radius 2 is 1.55 bits per heavy atom. The van der Waals surface area contributed by atoms with Crippen molar-refractivity contribution in [3.8, 4) is 22.3 Å². The highest BCUT2D eigenvalue weighted by molar-refractivity contribution is 5.71. The zero-order valence-electron chi connectivity index (χ0n) is 11.4. The monoisotopic (exact) mass is 263 g/mol. The maximum absolute atomic E-state index is 4.13. The molecule has 0 atom stereocenters. The lowest BCUT2D eigenvalue weighted by Crippen LogP contribution is -2.06. The molecule has 0 spiro atoms. The Hall–Kier alpha value is -2.39. The molecular formula is C17H17N3. The number of aromatic nitrogens is 2. The van der Waals surface area contributed by atoms with Crippen LogP contribution in [0.4, 0.5) is 0 Å². The standard InChI is InChI=1S/C17H17N3/c1-18-12-17-16(11-19-20-17)15-9-7-14(8-10-15)13-5-3-2-4-6-13/h2-11,18H,12H2,1H3,(H,19,20). The van der Waals surface area contributed by atoms with Gasteiger partial charge in [0.25, 0.3) is 0 Å². The number of aromatic amines is 1. The van der Waals surface area contributed by atoms with Crippen molar-refractivity contribution in [3.63, 3.8) is 0 Å². The Morgan fingerprint density at radius 3 is 2.25 bits per heavy atom. The molecule has 0 amide bonds. The summed E-state index contributed by atoms with van der Waals surface area (Å²) in [6, 6.07) is 19.0. The molecule has 0 bridgehead atoms. The quantitative estimate of drug-likeness (QED) is 0.756. The molecule has 0 aliphatic heterocycles. The van der Waals surface area contributed by atoms with Crippen LogP contribution in [0.25, 0.3) is 22.3 Å². The smallest absolute Gasteiger partial charge is 0.0569 e. The van der Waals surface area contributed by atoms with Crippen LogP contribution in [0.3, 0.4) is 0 Å². The van der Waals surface area contributed by atoms with Crippen LogP contribution in [-0.4, -0.2) is 17.2 Å². The molecule has 3 rings (SSSR count). The number of hydrogen-bond donors (Lipinski definition) is 2. The van der Waals surface area contributed by atoms with Gasteiger partial charge in [0.05, 0.1) is 11.9 Å². The third-order valence-corrected chi connectivity index (χ3v) is 3.37. The SMILES string of the molecule is CNCc1[nH]ncc1-c1ccc(-c2ccccc2)cc1. The molecule has 0 saturated heterocycles. The van der Waals surface area contributed by atoms with Crippen molar-refractivity contribution >= 4 is 0 Å². The molecule has 0 aliphatic carbocycles. The Bertz CT molecular complexity index is 669. The molecule has 3 heteroatoms. The Balaban J connectivity index is 1.91. The molecule has 0 saturated carbocycles. The predicted octanol–water partition coefficient (Wildman–Crippen LogP) is 3.46. The van der Waals surface area contributed by atoms with E-state index in [4.69, 9.17) is 0 Å². The van der Waals surface area contributed by atoms with Gasteiger partial charge in [0, 0.05) is 12.1 Å². The summed E-state index contributed by atoms with van der Waals surface area (Å²) >= 11 is 0. The summed E-state index contributed by atoms with van der Waals surface area (Å²) in [6.07, 6.45) is 1.88. The van der Waals surface area contributed by atoms with E-state index in [-0.39, 0.29) is 0 Å². The Morgan fingerprint density at radius 1 is 0.900 bits per heavy atom. The number of hydrogen-bond acceptors (Lipinski definition) is 2. The molecular weight excluding hydrogens is 246 g/mol. The van der Waals surface area contributed by atoms with Crippen LogP contribution in [0.5, 0.6) is 0 Å². The summed E-state index contributed by atoms with van der Waals surface area (Å²) in [5.41, 5.74) is 5.91. The average Bonchev–Trinajstić information content (AvgIpc) is 2.97. The van der Waals surface area contributed by atoms with Crippen molar-refractivity contribution in [1.29, 1.82) is 0 Å². The highest BCUT2D eigenvalue weighted by Crippen LogP contribution is 2.26. The van der Waals surface area contributed by atoms with Gasteiger partial charge in [0.1, 0.15) is 0 Å². The minimum absolute atomic E-state index is 0.787. The van der Waals surface area contributed by atoms with Gasteiger partial charge in [-0.2, -0.15) is 5.10 Å². The van der Waals surface area contributed by atoms with E-state index in [1.165, 1.54) is 16.7 Å². The van der Waals surface area contributed by atoms with Crippen molar-refractivity contribution < 1.29 is 0 Å². The zero-order chi connectivity index (χ0) is 13.8. The molecule has 1 heterocycles. The van der Waals surface area contributed by atoms with Crippen molar-refractivity contribution in [1.82, 2.24) is 15.5 Å². The largest absolute Gasteiger partial charge is 0.314 e. The fraction of sp³-hybridized carbons (Fsp3) is 0.118. The first kappa shape index (κ1) is 12.6. The normalized spacial score (nSPS) is 10.7. The van der Waals surface area contributed by atoms with Gasteiger partial charge in [-0.25, -0.2) is 0 Å². The van der Waals surface area contributed by atoms with Gasteiger partial charge in [-0.05, 0) is 23.7 Å². The van der Waals surface area contributed by atoms with E-state index in [2.05, 4.69) is 64.0 Å². The fourth-order valence-electron chi connectivity index (χ4n) is 2.35. The van der Waals surface area contributed by atoms with E-state index in [1.54, 1.807) is 0 Å². The number of rotatable bonds is 4. The van der Waals surface area contributed by atoms with Gasteiger partial charge < -0.3 is 5.32 Å². The lowest BCUT2D eigenvalue weighted by Gasteiger charge is -2.05. The van der Waals surface area contributed by atoms with Crippen molar-refractivity contribution in [2.75, 3.05) is 7.05 Å². The lowest BCUT2D eigenvalue weighted by molar-refractivity contribution is 0.785. The van der Waals surface area contributed by atoms with Crippen molar-refractivity contribution in [2.45, 2.75) is 6.54 Å². The summed E-state index contributed by atoms with van der Waals surface area (Å²) in [5, 5.41) is 10.3. The maximum Gasteiger partial charge on any atom is 0.0569 e. The van der Waals surface area contributed by atoms with Crippen LogP contribution in [-0.2, 0) is 6.54 Å². The first-order chi connectivity index (χ1) is 9.88. The Labute approximate surface area is 118 Å². The summed E-state index contributed by atoms with van der Waals surface area (Å²) in [6.45, 7) is 0.787. The van der Waals surface area contributed by atoms with Crippen LogP contribution in [0.2, 0.25) is 0 Å². The first-order valence-electron chi connectivity index (χ1n) is 6.71. The van der Waals surface area contributed by atoms with E-state index < -0.39 is 0 Å². The first-order valence-corrected chi connectivity index (χ1v) is 6.71. The van der Waals surface area contributed by atoms with E-state index in [0.29, 0.717) is 0 Å². The van der Waals surface area contributed by atoms with Gasteiger partial charge in [-0.3, -0.25) is 5.10 Å². The number of H-pyrrole nitrogens is 1. The van der Waals surface area contributed by atoms with Gasteiger partial charge in [0.2, 0.25) is 0 Å². The summed E-state index contributed by atoms with van der Waals surface area (Å²) < 4.78 is 0. The molecule has 2 N–H and O–H groups in total. The van der Waals surface area contributed by atoms with Crippen LogP contribution in [0.15, 0.2) is 60.8 Å². The number of benzene rings is 2. The topological polar surface area (TPSA) is 40.7 Å². The molecule has 0 aliphatic rings. The van der Waals surface area contributed by atoms with E-state index in [0.717, 1.165) is 17.8 Å². The lowest BCUT2D eigenvalue weighted by atomic mass is 10.0. The highest BCUT2D eigenvalue weighted by atomic mass is 15.1. The molecule has 100 valence electrons. The Kier molecular flexibility index (Phi) is 3.61. The van der Waals surface area contributed by atoms with Gasteiger partial charge in [-0.15, -0.1) is 0 Å². The molecule has 2 aromatic carbocycles.